The Morgan fingerprint density at radius 2 is 2.00 bits per heavy atom. The number of benzene rings is 1. The van der Waals surface area contributed by atoms with Crippen molar-refractivity contribution in [3.05, 3.63) is 29.6 Å². The highest BCUT2D eigenvalue weighted by Crippen LogP contribution is 2.25. The lowest BCUT2D eigenvalue weighted by Gasteiger charge is -2.37. The van der Waals surface area contributed by atoms with E-state index in [0.29, 0.717) is 11.8 Å². The minimum atomic E-state index is -0.232. The van der Waals surface area contributed by atoms with Crippen molar-refractivity contribution in [2.24, 2.45) is 0 Å². The molecule has 1 atom stereocenters. The van der Waals surface area contributed by atoms with Crippen LogP contribution in [0, 0.1) is 5.82 Å². The Bertz CT molecular complexity index is 474. The molecule has 0 N–H and O–H groups in total. The molecule has 1 aromatic carbocycles. The zero-order valence-electron chi connectivity index (χ0n) is 12.9. The molecule has 0 amide bonds. The van der Waals surface area contributed by atoms with E-state index in [9.17, 15) is 4.39 Å². The monoisotopic (exact) mass is 292 g/mol. The van der Waals surface area contributed by atoms with E-state index >= 15 is 0 Å². The Hall–Kier alpha value is -1.13. The van der Waals surface area contributed by atoms with Crippen LogP contribution in [0.3, 0.4) is 0 Å². The average Bonchev–Trinajstić information content (AvgIpc) is 3.04. The lowest BCUT2D eigenvalue weighted by atomic mass is 10.0. The van der Waals surface area contributed by atoms with Crippen LogP contribution in [0.2, 0.25) is 0 Å². The maximum absolute atomic E-state index is 13.3. The molecule has 21 heavy (non-hydrogen) atoms. The number of ether oxygens (including phenoxy) is 1. The predicted molar refractivity (Wildman–Crippen MR) is 82.1 cm³/mol. The summed E-state index contributed by atoms with van der Waals surface area (Å²) in [5.41, 5.74) is 1.08. The van der Waals surface area contributed by atoms with Gasteiger partial charge < -0.3 is 4.74 Å². The molecule has 3 nitrogen and oxygen atoms in total. The number of rotatable bonds is 4. The Morgan fingerprint density at radius 1 is 1.19 bits per heavy atom. The van der Waals surface area contributed by atoms with Crippen LogP contribution < -0.4 is 4.74 Å². The standard InChI is InChI=1S/C17H25FN2O/c1-21-17-11-15(18)7-6-14(17)12-19-8-4-5-16(13-19)20-9-2-3-10-20/h6-7,11,16H,2-5,8-10,12-13H2,1H3. The largest absolute Gasteiger partial charge is 0.496 e. The molecule has 0 bridgehead atoms. The minimum absolute atomic E-state index is 0.232. The Kier molecular flexibility index (Phi) is 4.76. The first-order chi connectivity index (χ1) is 10.3. The fourth-order valence-electron chi connectivity index (χ4n) is 3.67. The van der Waals surface area contributed by atoms with Crippen LogP contribution in [-0.4, -0.2) is 49.1 Å². The molecular formula is C17H25FN2O. The summed E-state index contributed by atoms with van der Waals surface area (Å²) in [5.74, 6) is 0.433. The summed E-state index contributed by atoms with van der Waals surface area (Å²) in [6.07, 6.45) is 5.27. The summed E-state index contributed by atoms with van der Waals surface area (Å²) in [4.78, 5) is 5.14. The summed E-state index contributed by atoms with van der Waals surface area (Å²) in [6, 6.07) is 5.57. The van der Waals surface area contributed by atoms with Gasteiger partial charge in [0.2, 0.25) is 0 Å². The summed E-state index contributed by atoms with van der Waals surface area (Å²) in [5, 5.41) is 0. The Balaban J connectivity index is 1.64. The Morgan fingerprint density at radius 3 is 2.76 bits per heavy atom. The van der Waals surface area contributed by atoms with Gasteiger partial charge in [0.05, 0.1) is 7.11 Å². The van der Waals surface area contributed by atoms with Crippen molar-refractivity contribution in [2.45, 2.75) is 38.3 Å². The summed E-state index contributed by atoms with van der Waals surface area (Å²) in [6.45, 7) is 5.63. The van der Waals surface area contributed by atoms with Gasteiger partial charge in [0, 0.05) is 30.8 Å². The van der Waals surface area contributed by atoms with Gasteiger partial charge in [-0.3, -0.25) is 9.80 Å². The zero-order valence-corrected chi connectivity index (χ0v) is 12.9. The molecule has 2 heterocycles. The second-order valence-electron chi connectivity index (χ2n) is 6.23. The summed E-state index contributed by atoms with van der Waals surface area (Å²) in [7, 11) is 1.61. The highest BCUT2D eigenvalue weighted by Gasteiger charge is 2.27. The summed E-state index contributed by atoms with van der Waals surface area (Å²) < 4.78 is 18.6. The summed E-state index contributed by atoms with van der Waals surface area (Å²) >= 11 is 0. The van der Waals surface area contributed by atoms with Crippen LogP contribution in [0.5, 0.6) is 5.75 Å². The number of piperidine rings is 1. The molecule has 3 rings (SSSR count). The van der Waals surface area contributed by atoms with Crippen molar-refractivity contribution in [3.63, 3.8) is 0 Å². The number of likely N-dealkylation sites (tertiary alicyclic amines) is 2. The number of halogens is 1. The van der Waals surface area contributed by atoms with Crippen molar-refractivity contribution in [3.8, 4) is 5.75 Å². The van der Waals surface area contributed by atoms with E-state index in [1.807, 2.05) is 6.07 Å². The molecule has 2 aliphatic heterocycles. The molecule has 1 unspecified atom stereocenters. The highest BCUT2D eigenvalue weighted by molar-refractivity contribution is 5.34. The first-order valence-corrected chi connectivity index (χ1v) is 8.05. The molecule has 2 fully saturated rings. The fourth-order valence-corrected chi connectivity index (χ4v) is 3.67. The van der Waals surface area contributed by atoms with Crippen LogP contribution in [0.1, 0.15) is 31.2 Å². The van der Waals surface area contributed by atoms with Crippen molar-refractivity contribution in [1.82, 2.24) is 9.80 Å². The van der Waals surface area contributed by atoms with Gasteiger partial charge in [-0.15, -0.1) is 0 Å². The lowest BCUT2D eigenvalue weighted by Crippen LogP contribution is -2.46. The molecule has 0 aliphatic carbocycles. The molecule has 0 aromatic heterocycles. The molecule has 0 saturated carbocycles. The van der Waals surface area contributed by atoms with Crippen LogP contribution in [0.15, 0.2) is 18.2 Å². The second-order valence-corrected chi connectivity index (χ2v) is 6.23. The van der Waals surface area contributed by atoms with E-state index in [4.69, 9.17) is 4.74 Å². The third-order valence-corrected chi connectivity index (χ3v) is 4.78. The molecule has 0 radical (unpaired) electrons. The van der Waals surface area contributed by atoms with E-state index in [2.05, 4.69) is 9.80 Å². The Labute approximate surface area is 126 Å². The van der Waals surface area contributed by atoms with Gasteiger partial charge in [0.25, 0.3) is 0 Å². The van der Waals surface area contributed by atoms with E-state index in [1.54, 1.807) is 7.11 Å². The first-order valence-electron chi connectivity index (χ1n) is 8.05. The predicted octanol–water partition coefficient (Wildman–Crippen LogP) is 2.89. The van der Waals surface area contributed by atoms with Gasteiger partial charge in [-0.25, -0.2) is 4.39 Å². The third kappa shape index (κ3) is 3.55. The van der Waals surface area contributed by atoms with Gasteiger partial charge in [0.15, 0.2) is 0 Å². The number of hydrogen-bond donors (Lipinski definition) is 0. The topological polar surface area (TPSA) is 15.7 Å². The smallest absolute Gasteiger partial charge is 0.126 e. The fraction of sp³-hybridized carbons (Fsp3) is 0.647. The van der Waals surface area contributed by atoms with Gasteiger partial charge in [-0.05, 0) is 51.4 Å². The van der Waals surface area contributed by atoms with Gasteiger partial charge in [-0.1, -0.05) is 6.07 Å². The lowest BCUT2D eigenvalue weighted by molar-refractivity contribution is 0.110. The van der Waals surface area contributed by atoms with Gasteiger partial charge in [0.1, 0.15) is 11.6 Å². The first kappa shape index (κ1) is 14.8. The average molecular weight is 292 g/mol. The number of methoxy groups -OCH3 is 1. The van der Waals surface area contributed by atoms with E-state index in [-0.39, 0.29) is 5.82 Å². The van der Waals surface area contributed by atoms with Crippen molar-refractivity contribution >= 4 is 0 Å². The van der Waals surface area contributed by atoms with E-state index in [0.717, 1.165) is 25.2 Å². The van der Waals surface area contributed by atoms with Gasteiger partial charge >= 0.3 is 0 Å². The van der Waals surface area contributed by atoms with Crippen LogP contribution in [0.4, 0.5) is 4.39 Å². The van der Waals surface area contributed by atoms with Crippen molar-refractivity contribution in [1.29, 1.82) is 0 Å². The molecule has 0 spiro atoms. The van der Waals surface area contributed by atoms with Crippen LogP contribution in [-0.2, 0) is 6.54 Å². The molecule has 2 aliphatic rings. The SMILES string of the molecule is COc1cc(F)ccc1CN1CCCC(N2CCCC2)C1. The zero-order chi connectivity index (χ0) is 14.7. The van der Waals surface area contributed by atoms with Crippen LogP contribution in [0.25, 0.3) is 0 Å². The third-order valence-electron chi connectivity index (χ3n) is 4.78. The molecule has 2 saturated heterocycles. The van der Waals surface area contributed by atoms with E-state index in [1.165, 1.54) is 50.9 Å². The van der Waals surface area contributed by atoms with Crippen molar-refractivity contribution < 1.29 is 9.13 Å². The molecular weight excluding hydrogens is 267 g/mol. The van der Waals surface area contributed by atoms with Crippen molar-refractivity contribution in [2.75, 3.05) is 33.3 Å². The molecule has 116 valence electrons. The maximum Gasteiger partial charge on any atom is 0.126 e. The highest BCUT2D eigenvalue weighted by atomic mass is 19.1. The van der Waals surface area contributed by atoms with Gasteiger partial charge in [-0.2, -0.15) is 0 Å². The number of nitrogens with zero attached hydrogens (tertiary/aromatic N) is 2. The maximum atomic E-state index is 13.3. The quantitative estimate of drug-likeness (QED) is 0.848. The molecule has 4 heteroatoms. The minimum Gasteiger partial charge on any atom is -0.496 e. The molecule has 1 aromatic rings. The van der Waals surface area contributed by atoms with Crippen LogP contribution >= 0.6 is 0 Å². The van der Waals surface area contributed by atoms with E-state index < -0.39 is 0 Å². The number of hydrogen-bond acceptors (Lipinski definition) is 3. The normalized spacial score (nSPS) is 24.4. The second kappa shape index (κ2) is 6.75.